The molecule has 0 aromatic heterocycles. The fraction of sp³-hybridized carbons (Fsp3) is 0.941. The fourth-order valence-corrected chi connectivity index (χ4v) is 4.28. The molecule has 0 radical (unpaired) electrons. The van der Waals surface area contributed by atoms with E-state index in [0.29, 0.717) is 6.04 Å². The SMILES string of the molecule is O=C(O)CCN1CC(CC2CC2)CC(NC2CCCC2)C1. The first kappa shape index (κ1) is 15.3. The van der Waals surface area contributed by atoms with Gasteiger partial charge in [-0.3, -0.25) is 4.79 Å². The molecule has 1 aliphatic heterocycles. The van der Waals surface area contributed by atoms with Gasteiger partial charge in [-0.1, -0.05) is 25.7 Å². The van der Waals surface area contributed by atoms with Crippen LogP contribution in [-0.2, 0) is 4.79 Å². The topological polar surface area (TPSA) is 52.6 Å². The third-order valence-electron chi connectivity index (χ3n) is 5.44. The Labute approximate surface area is 128 Å². The predicted molar refractivity (Wildman–Crippen MR) is 83.3 cm³/mol. The first-order chi connectivity index (χ1) is 10.2. The summed E-state index contributed by atoms with van der Waals surface area (Å²) in [6.07, 6.45) is 11.2. The summed E-state index contributed by atoms with van der Waals surface area (Å²) in [6, 6.07) is 1.30. The molecule has 2 unspecified atom stereocenters. The predicted octanol–water partition coefficient (Wildman–Crippen LogP) is 2.48. The van der Waals surface area contributed by atoms with Crippen molar-refractivity contribution in [1.29, 1.82) is 0 Å². The summed E-state index contributed by atoms with van der Waals surface area (Å²) in [5.74, 6) is 1.08. The monoisotopic (exact) mass is 294 g/mol. The van der Waals surface area contributed by atoms with Gasteiger partial charge in [-0.15, -0.1) is 0 Å². The van der Waals surface area contributed by atoms with E-state index in [1.165, 1.54) is 51.4 Å². The lowest BCUT2D eigenvalue weighted by Gasteiger charge is -2.39. The molecule has 1 heterocycles. The lowest BCUT2D eigenvalue weighted by Crippen LogP contribution is -2.51. The van der Waals surface area contributed by atoms with Crippen LogP contribution in [0.3, 0.4) is 0 Å². The molecule has 3 aliphatic rings. The van der Waals surface area contributed by atoms with Gasteiger partial charge in [0.15, 0.2) is 0 Å². The summed E-state index contributed by atoms with van der Waals surface area (Å²) < 4.78 is 0. The average Bonchev–Trinajstić information content (AvgIpc) is 3.10. The molecular weight excluding hydrogens is 264 g/mol. The zero-order chi connectivity index (χ0) is 14.7. The number of carboxylic acid groups (broad SMARTS) is 1. The number of carboxylic acids is 1. The van der Waals surface area contributed by atoms with E-state index in [4.69, 9.17) is 5.11 Å². The summed E-state index contributed by atoms with van der Waals surface area (Å²) in [5, 5.41) is 12.8. The van der Waals surface area contributed by atoms with E-state index in [2.05, 4.69) is 10.2 Å². The molecule has 0 aromatic carbocycles. The van der Waals surface area contributed by atoms with E-state index in [0.717, 1.165) is 37.5 Å². The maximum Gasteiger partial charge on any atom is 0.304 e. The zero-order valence-corrected chi connectivity index (χ0v) is 13.1. The molecule has 4 nitrogen and oxygen atoms in total. The van der Waals surface area contributed by atoms with Crippen LogP contribution in [0.2, 0.25) is 0 Å². The summed E-state index contributed by atoms with van der Waals surface area (Å²) in [6.45, 7) is 2.89. The highest BCUT2D eigenvalue weighted by Crippen LogP contribution is 2.38. The van der Waals surface area contributed by atoms with Gasteiger partial charge in [-0.05, 0) is 37.5 Å². The summed E-state index contributed by atoms with van der Waals surface area (Å²) in [7, 11) is 0. The molecule has 21 heavy (non-hydrogen) atoms. The van der Waals surface area contributed by atoms with Crippen molar-refractivity contribution in [2.24, 2.45) is 11.8 Å². The molecule has 120 valence electrons. The minimum atomic E-state index is -0.667. The molecule has 4 heteroatoms. The summed E-state index contributed by atoms with van der Waals surface area (Å²) in [4.78, 5) is 13.2. The molecule has 2 atom stereocenters. The van der Waals surface area contributed by atoms with Crippen molar-refractivity contribution in [3.63, 3.8) is 0 Å². The van der Waals surface area contributed by atoms with Crippen LogP contribution in [0, 0.1) is 11.8 Å². The molecule has 2 N–H and O–H groups in total. The number of rotatable bonds is 7. The lowest BCUT2D eigenvalue weighted by molar-refractivity contribution is -0.137. The van der Waals surface area contributed by atoms with Crippen LogP contribution < -0.4 is 5.32 Å². The number of likely N-dealkylation sites (tertiary alicyclic amines) is 1. The average molecular weight is 294 g/mol. The molecule has 3 rings (SSSR count). The largest absolute Gasteiger partial charge is 0.481 e. The van der Waals surface area contributed by atoms with E-state index in [1.807, 2.05) is 0 Å². The molecule has 0 amide bonds. The number of hydrogen-bond acceptors (Lipinski definition) is 3. The van der Waals surface area contributed by atoms with Crippen LogP contribution in [0.4, 0.5) is 0 Å². The van der Waals surface area contributed by atoms with Crippen LogP contribution in [0.5, 0.6) is 0 Å². The zero-order valence-electron chi connectivity index (χ0n) is 13.1. The van der Waals surface area contributed by atoms with Gasteiger partial charge < -0.3 is 15.3 Å². The first-order valence-electron chi connectivity index (χ1n) is 8.89. The van der Waals surface area contributed by atoms with Crippen molar-refractivity contribution in [1.82, 2.24) is 10.2 Å². The highest BCUT2D eigenvalue weighted by atomic mass is 16.4. The van der Waals surface area contributed by atoms with E-state index in [9.17, 15) is 4.79 Å². The van der Waals surface area contributed by atoms with Crippen molar-refractivity contribution < 1.29 is 9.90 Å². The van der Waals surface area contributed by atoms with Gasteiger partial charge in [0.2, 0.25) is 0 Å². The lowest BCUT2D eigenvalue weighted by atomic mass is 9.89. The van der Waals surface area contributed by atoms with Crippen molar-refractivity contribution in [2.45, 2.75) is 69.9 Å². The Hall–Kier alpha value is -0.610. The van der Waals surface area contributed by atoms with Crippen molar-refractivity contribution >= 4 is 5.97 Å². The van der Waals surface area contributed by atoms with Crippen LogP contribution >= 0.6 is 0 Å². The summed E-state index contributed by atoms with van der Waals surface area (Å²) >= 11 is 0. The van der Waals surface area contributed by atoms with Gasteiger partial charge in [0.05, 0.1) is 6.42 Å². The highest BCUT2D eigenvalue weighted by Gasteiger charge is 2.33. The Bertz CT molecular complexity index is 351. The fourth-order valence-electron chi connectivity index (χ4n) is 4.28. The first-order valence-corrected chi connectivity index (χ1v) is 8.89. The number of hydrogen-bond donors (Lipinski definition) is 2. The van der Waals surface area contributed by atoms with E-state index in [-0.39, 0.29) is 6.42 Å². The van der Waals surface area contributed by atoms with E-state index >= 15 is 0 Å². The number of piperidine rings is 1. The second-order valence-corrected chi connectivity index (χ2v) is 7.53. The van der Waals surface area contributed by atoms with Crippen LogP contribution in [-0.4, -0.2) is 47.7 Å². The number of nitrogens with zero attached hydrogens (tertiary/aromatic N) is 1. The van der Waals surface area contributed by atoms with Crippen molar-refractivity contribution in [3.05, 3.63) is 0 Å². The van der Waals surface area contributed by atoms with Gasteiger partial charge >= 0.3 is 5.97 Å². The molecule has 2 saturated carbocycles. The van der Waals surface area contributed by atoms with Crippen LogP contribution in [0.25, 0.3) is 0 Å². The molecule has 2 aliphatic carbocycles. The smallest absolute Gasteiger partial charge is 0.304 e. The molecule has 3 fully saturated rings. The van der Waals surface area contributed by atoms with Gasteiger partial charge in [0.1, 0.15) is 0 Å². The van der Waals surface area contributed by atoms with Gasteiger partial charge in [-0.25, -0.2) is 0 Å². The number of carbonyl (C=O) groups is 1. The van der Waals surface area contributed by atoms with E-state index < -0.39 is 5.97 Å². The molecular formula is C17H30N2O2. The minimum Gasteiger partial charge on any atom is -0.481 e. The van der Waals surface area contributed by atoms with Gasteiger partial charge in [0, 0.05) is 31.7 Å². The Balaban J connectivity index is 1.51. The second kappa shape index (κ2) is 7.10. The molecule has 0 spiro atoms. The molecule has 0 aromatic rings. The molecule has 1 saturated heterocycles. The maximum absolute atomic E-state index is 10.8. The third-order valence-corrected chi connectivity index (χ3v) is 5.44. The third kappa shape index (κ3) is 4.96. The minimum absolute atomic E-state index is 0.284. The number of nitrogens with one attached hydrogen (secondary N) is 1. The normalized spacial score (nSPS) is 31.6. The van der Waals surface area contributed by atoms with Crippen molar-refractivity contribution in [2.75, 3.05) is 19.6 Å². The van der Waals surface area contributed by atoms with Gasteiger partial charge in [-0.2, -0.15) is 0 Å². The Morgan fingerprint density at radius 3 is 2.48 bits per heavy atom. The van der Waals surface area contributed by atoms with Crippen LogP contribution in [0.15, 0.2) is 0 Å². The Morgan fingerprint density at radius 2 is 1.81 bits per heavy atom. The number of aliphatic carboxylic acids is 1. The van der Waals surface area contributed by atoms with E-state index in [1.54, 1.807) is 0 Å². The standard InChI is InChI=1S/C17H30N2O2/c20-17(21)7-8-19-11-14(9-13-5-6-13)10-16(12-19)18-15-3-1-2-4-15/h13-16,18H,1-12H2,(H,20,21). The Morgan fingerprint density at radius 1 is 1.05 bits per heavy atom. The summed E-state index contributed by atoms with van der Waals surface area (Å²) in [5.41, 5.74) is 0. The van der Waals surface area contributed by atoms with Gasteiger partial charge in [0.25, 0.3) is 0 Å². The second-order valence-electron chi connectivity index (χ2n) is 7.53. The van der Waals surface area contributed by atoms with Crippen molar-refractivity contribution in [3.8, 4) is 0 Å². The van der Waals surface area contributed by atoms with Crippen LogP contribution in [0.1, 0.15) is 57.8 Å². The molecule has 0 bridgehead atoms. The highest BCUT2D eigenvalue weighted by molar-refractivity contribution is 5.66. The maximum atomic E-state index is 10.8. The Kier molecular flexibility index (Phi) is 5.17. The quantitative estimate of drug-likeness (QED) is 0.757.